The average molecular weight is 248 g/mol. The maximum atomic E-state index is 3.65. The second-order valence-electron chi connectivity index (χ2n) is 5.88. The maximum Gasteiger partial charge on any atom is 0.0320 e. The lowest BCUT2D eigenvalue weighted by molar-refractivity contribution is 0.405. The minimum atomic E-state index is 0.203. The predicted octanol–water partition coefficient (Wildman–Crippen LogP) is 3.51. The number of hydrogen-bond acceptors (Lipinski definition) is 2. The summed E-state index contributed by atoms with van der Waals surface area (Å²) < 4.78 is 0. The van der Waals surface area contributed by atoms with Crippen molar-refractivity contribution in [3.8, 4) is 0 Å². The van der Waals surface area contributed by atoms with E-state index in [4.69, 9.17) is 0 Å². The molecule has 1 unspecified atom stereocenters. The van der Waals surface area contributed by atoms with Crippen LogP contribution in [0.15, 0.2) is 30.3 Å². The molecule has 0 aliphatic carbocycles. The lowest BCUT2D eigenvalue weighted by Crippen LogP contribution is -2.40. The van der Waals surface area contributed by atoms with Crippen LogP contribution in [0.3, 0.4) is 0 Å². The minimum absolute atomic E-state index is 0.203. The van der Waals surface area contributed by atoms with Crippen molar-refractivity contribution in [1.82, 2.24) is 10.6 Å². The van der Waals surface area contributed by atoms with Crippen molar-refractivity contribution < 1.29 is 0 Å². The van der Waals surface area contributed by atoms with Crippen LogP contribution in [-0.4, -0.2) is 18.6 Å². The SMILES string of the molecule is CCCC(NCCNC(C)(C)C)c1ccccc1. The molecule has 0 saturated heterocycles. The van der Waals surface area contributed by atoms with Crippen LogP contribution in [0, 0.1) is 0 Å². The van der Waals surface area contributed by atoms with E-state index in [-0.39, 0.29) is 5.54 Å². The Labute approximate surface area is 112 Å². The summed E-state index contributed by atoms with van der Waals surface area (Å²) in [7, 11) is 0. The Morgan fingerprint density at radius 1 is 1.06 bits per heavy atom. The summed E-state index contributed by atoms with van der Waals surface area (Å²) in [5.74, 6) is 0. The quantitative estimate of drug-likeness (QED) is 0.722. The highest BCUT2D eigenvalue weighted by Gasteiger charge is 2.10. The first-order valence-corrected chi connectivity index (χ1v) is 7.06. The molecule has 0 aliphatic heterocycles. The minimum Gasteiger partial charge on any atom is -0.311 e. The van der Waals surface area contributed by atoms with Gasteiger partial charge in [0.05, 0.1) is 0 Å². The fourth-order valence-corrected chi connectivity index (χ4v) is 2.04. The monoisotopic (exact) mass is 248 g/mol. The van der Waals surface area contributed by atoms with E-state index in [2.05, 4.69) is 68.7 Å². The number of hydrogen-bond donors (Lipinski definition) is 2. The molecule has 0 aliphatic rings. The third kappa shape index (κ3) is 6.18. The Balaban J connectivity index is 2.40. The summed E-state index contributed by atoms with van der Waals surface area (Å²) in [5.41, 5.74) is 1.60. The molecule has 1 atom stereocenters. The van der Waals surface area contributed by atoms with Gasteiger partial charge < -0.3 is 10.6 Å². The van der Waals surface area contributed by atoms with Gasteiger partial charge in [-0.3, -0.25) is 0 Å². The molecule has 0 fully saturated rings. The zero-order chi connectivity index (χ0) is 13.4. The third-order valence-electron chi connectivity index (χ3n) is 2.95. The normalized spacial score (nSPS) is 13.6. The average Bonchev–Trinajstić information content (AvgIpc) is 2.33. The van der Waals surface area contributed by atoms with E-state index in [9.17, 15) is 0 Å². The molecule has 0 aromatic heterocycles. The van der Waals surface area contributed by atoms with Crippen LogP contribution in [0.25, 0.3) is 0 Å². The Morgan fingerprint density at radius 3 is 2.28 bits per heavy atom. The molecule has 18 heavy (non-hydrogen) atoms. The lowest BCUT2D eigenvalue weighted by atomic mass is 10.0. The van der Waals surface area contributed by atoms with Gasteiger partial charge in [0.25, 0.3) is 0 Å². The second kappa shape index (κ2) is 7.55. The van der Waals surface area contributed by atoms with Gasteiger partial charge in [-0.25, -0.2) is 0 Å². The lowest BCUT2D eigenvalue weighted by Gasteiger charge is -2.23. The highest BCUT2D eigenvalue weighted by atomic mass is 15.0. The zero-order valence-electron chi connectivity index (χ0n) is 12.3. The zero-order valence-corrected chi connectivity index (χ0v) is 12.3. The van der Waals surface area contributed by atoms with E-state index in [0.29, 0.717) is 6.04 Å². The molecule has 0 saturated carbocycles. The van der Waals surface area contributed by atoms with Gasteiger partial charge in [-0.1, -0.05) is 43.7 Å². The summed E-state index contributed by atoms with van der Waals surface area (Å²) in [6, 6.07) is 11.2. The molecule has 0 amide bonds. The largest absolute Gasteiger partial charge is 0.311 e. The van der Waals surface area contributed by atoms with Gasteiger partial charge in [0, 0.05) is 24.7 Å². The van der Waals surface area contributed by atoms with Crippen molar-refractivity contribution in [2.75, 3.05) is 13.1 Å². The van der Waals surface area contributed by atoms with E-state index < -0.39 is 0 Å². The predicted molar refractivity (Wildman–Crippen MR) is 79.8 cm³/mol. The molecule has 0 spiro atoms. The molecule has 0 bridgehead atoms. The van der Waals surface area contributed by atoms with E-state index in [0.717, 1.165) is 13.1 Å². The molecule has 1 rings (SSSR count). The van der Waals surface area contributed by atoms with Crippen molar-refractivity contribution in [3.05, 3.63) is 35.9 Å². The van der Waals surface area contributed by atoms with Gasteiger partial charge in [0.2, 0.25) is 0 Å². The standard InChI is InChI=1S/C16H28N2/c1-5-9-15(14-10-7-6-8-11-14)17-12-13-18-16(2,3)4/h6-8,10-11,15,17-18H,5,9,12-13H2,1-4H3. The molecule has 1 aromatic carbocycles. The topological polar surface area (TPSA) is 24.1 Å². The van der Waals surface area contributed by atoms with Crippen molar-refractivity contribution >= 4 is 0 Å². The van der Waals surface area contributed by atoms with Crippen LogP contribution in [-0.2, 0) is 0 Å². The van der Waals surface area contributed by atoms with Crippen molar-refractivity contribution in [1.29, 1.82) is 0 Å². The Hall–Kier alpha value is -0.860. The summed E-state index contributed by atoms with van der Waals surface area (Å²) in [6.07, 6.45) is 2.40. The fraction of sp³-hybridized carbons (Fsp3) is 0.625. The summed E-state index contributed by atoms with van der Waals surface area (Å²) >= 11 is 0. The first-order chi connectivity index (χ1) is 8.53. The molecule has 1 aromatic rings. The van der Waals surface area contributed by atoms with E-state index in [1.165, 1.54) is 18.4 Å². The molecular formula is C16H28N2. The van der Waals surface area contributed by atoms with E-state index in [1.54, 1.807) is 0 Å². The highest BCUT2D eigenvalue weighted by Crippen LogP contribution is 2.17. The second-order valence-corrected chi connectivity index (χ2v) is 5.88. The first kappa shape index (κ1) is 15.2. The van der Waals surface area contributed by atoms with E-state index >= 15 is 0 Å². The summed E-state index contributed by atoms with van der Waals surface area (Å²) in [5, 5.41) is 7.16. The Bertz CT molecular complexity index is 314. The van der Waals surface area contributed by atoms with Crippen LogP contribution in [0.5, 0.6) is 0 Å². The molecule has 0 heterocycles. The fourth-order valence-electron chi connectivity index (χ4n) is 2.04. The molecular weight excluding hydrogens is 220 g/mol. The van der Waals surface area contributed by atoms with Crippen LogP contribution < -0.4 is 10.6 Å². The van der Waals surface area contributed by atoms with Crippen molar-refractivity contribution in [2.45, 2.75) is 52.1 Å². The molecule has 2 nitrogen and oxygen atoms in total. The van der Waals surface area contributed by atoms with Gasteiger partial charge in [-0.2, -0.15) is 0 Å². The Kier molecular flexibility index (Phi) is 6.37. The Morgan fingerprint density at radius 2 is 1.72 bits per heavy atom. The maximum absolute atomic E-state index is 3.65. The summed E-state index contributed by atoms with van der Waals surface area (Å²) in [6.45, 7) is 10.9. The molecule has 2 heteroatoms. The van der Waals surface area contributed by atoms with Gasteiger partial charge in [-0.05, 0) is 32.8 Å². The molecule has 0 radical (unpaired) electrons. The first-order valence-electron chi connectivity index (χ1n) is 7.06. The van der Waals surface area contributed by atoms with Gasteiger partial charge >= 0.3 is 0 Å². The summed E-state index contributed by atoms with van der Waals surface area (Å²) in [4.78, 5) is 0. The van der Waals surface area contributed by atoms with Gasteiger partial charge in [-0.15, -0.1) is 0 Å². The van der Waals surface area contributed by atoms with Crippen LogP contribution >= 0.6 is 0 Å². The smallest absolute Gasteiger partial charge is 0.0320 e. The third-order valence-corrected chi connectivity index (χ3v) is 2.95. The van der Waals surface area contributed by atoms with Gasteiger partial charge in [0.15, 0.2) is 0 Å². The van der Waals surface area contributed by atoms with Crippen LogP contribution in [0.4, 0.5) is 0 Å². The van der Waals surface area contributed by atoms with E-state index in [1.807, 2.05) is 0 Å². The molecule has 102 valence electrons. The number of benzene rings is 1. The number of rotatable bonds is 7. The van der Waals surface area contributed by atoms with Crippen molar-refractivity contribution in [2.24, 2.45) is 0 Å². The van der Waals surface area contributed by atoms with Crippen LogP contribution in [0.1, 0.15) is 52.1 Å². The highest BCUT2D eigenvalue weighted by molar-refractivity contribution is 5.18. The number of nitrogens with one attached hydrogen (secondary N) is 2. The van der Waals surface area contributed by atoms with Crippen molar-refractivity contribution in [3.63, 3.8) is 0 Å². The van der Waals surface area contributed by atoms with Gasteiger partial charge in [0.1, 0.15) is 0 Å². The van der Waals surface area contributed by atoms with Crippen LogP contribution in [0.2, 0.25) is 0 Å². The molecule has 2 N–H and O–H groups in total.